The van der Waals surface area contributed by atoms with Gasteiger partial charge in [0.1, 0.15) is 0 Å². The van der Waals surface area contributed by atoms with E-state index in [9.17, 15) is 4.79 Å². The van der Waals surface area contributed by atoms with E-state index in [0.717, 1.165) is 24.0 Å². The number of rotatable bonds is 3. The van der Waals surface area contributed by atoms with Gasteiger partial charge in [0.25, 0.3) is 0 Å². The lowest BCUT2D eigenvalue weighted by molar-refractivity contribution is -0.143. The fourth-order valence-corrected chi connectivity index (χ4v) is 1.66. The second-order valence-corrected chi connectivity index (χ2v) is 4.06. The maximum Gasteiger partial charge on any atom is 0.309 e. The van der Waals surface area contributed by atoms with E-state index < -0.39 is 11.4 Å². The van der Waals surface area contributed by atoms with Crippen LogP contribution in [0.15, 0.2) is 18.5 Å². The summed E-state index contributed by atoms with van der Waals surface area (Å²) in [6.45, 7) is 1.99. The number of hydrogen-bond donors (Lipinski definition) is 1. The molecule has 0 radical (unpaired) electrons. The summed E-state index contributed by atoms with van der Waals surface area (Å²) in [6.07, 6.45) is 5.74. The minimum Gasteiger partial charge on any atom is -0.481 e. The molecule has 0 bridgehead atoms. The van der Waals surface area contributed by atoms with Crippen molar-refractivity contribution in [3.8, 4) is 0 Å². The van der Waals surface area contributed by atoms with Crippen molar-refractivity contribution in [2.75, 3.05) is 0 Å². The van der Waals surface area contributed by atoms with Crippen LogP contribution < -0.4 is 0 Å². The third-order valence-corrected chi connectivity index (χ3v) is 2.98. The van der Waals surface area contributed by atoms with Gasteiger partial charge in [-0.1, -0.05) is 0 Å². The smallest absolute Gasteiger partial charge is 0.309 e. The summed E-state index contributed by atoms with van der Waals surface area (Å²) in [4.78, 5) is 15.0. The number of aliphatic carboxylic acids is 1. The summed E-state index contributed by atoms with van der Waals surface area (Å²) in [5, 5.41) is 9.04. The maximum absolute atomic E-state index is 11.0. The van der Waals surface area contributed by atoms with Gasteiger partial charge in [0, 0.05) is 12.4 Å². The lowest BCUT2D eigenvalue weighted by Crippen LogP contribution is -2.18. The molecule has 0 aromatic carbocycles. The normalized spacial score (nSPS) is 17.8. The second kappa shape index (κ2) is 3.08. The SMILES string of the molecule is Cc1ccncc1CC1(C(=O)O)CC1. The van der Waals surface area contributed by atoms with E-state index in [1.165, 1.54) is 0 Å². The van der Waals surface area contributed by atoms with E-state index in [1.807, 2.05) is 13.0 Å². The van der Waals surface area contributed by atoms with E-state index in [-0.39, 0.29) is 0 Å². The van der Waals surface area contributed by atoms with Crippen molar-refractivity contribution in [3.63, 3.8) is 0 Å². The molecule has 1 heterocycles. The van der Waals surface area contributed by atoms with Crippen LogP contribution in [0.25, 0.3) is 0 Å². The van der Waals surface area contributed by atoms with Gasteiger partial charge in [-0.15, -0.1) is 0 Å². The largest absolute Gasteiger partial charge is 0.481 e. The first-order chi connectivity index (χ1) is 6.64. The number of carboxylic acid groups (broad SMARTS) is 1. The van der Waals surface area contributed by atoms with Crippen molar-refractivity contribution in [1.82, 2.24) is 4.98 Å². The summed E-state index contributed by atoms with van der Waals surface area (Å²) in [7, 11) is 0. The maximum atomic E-state index is 11.0. The van der Waals surface area contributed by atoms with Crippen LogP contribution in [0.3, 0.4) is 0 Å². The topological polar surface area (TPSA) is 50.2 Å². The fourth-order valence-electron chi connectivity index (χ4n) is 1.66. The molecule has 3 heteroatoms. The van der Waals surface area contributed by atoms with Crippen LogP contribution in [-0.4, -0.2) is 16.1 Å². The van der Waals surface area contributed by atoms with Crippen molar-refractivity contribution in [2.45, 2.75) is 26.2 Å². The molecule has 1 fully saturated rings. The molecule has 2 rings (SSSR count). The number of nitrogens with zero attached hydrogens (tertiary/aromatic N) is 1. The van der Waals surface area contributed by atoms with Crippen molar-refractivity contribution >= 4 is 5.97 Å². The predicted octanol–water partition coefficient (Wildman–Crippen LogP) is 1.80. The number of aromatic nitrogens is 1. The van der Waals surface area contributed by atoms with Crippen LogP contribution in [0.4, 0.5) is 0 Å². The molecule has 1 aromatic rings. The third kappa shape index (κ3) is 1.50. The van der Waals surface area contributed by atoms with Crippen molar-refractivity contribution in [2.24, 2.45) is 5.41 Å². The van der Waals surface area contributed by atoms with Gasteiger partial charge in [-0.2, -0.15) is 0 Å². The highest BCUT2D eigenvalue weighted by Gasteiger charge is 2.50. The first-order valence-corrected chi connectivity index (χ1v) is 4.77. The number of hydrogen-bond acceptors (Lipinski definition) is 2. The molecule has 3 nitrogen and oxygen atoms in total. The standard InChI is InChI=1S/C11H13NO2/c1-8-2-5-12-7-9(8)6-11(3-4-11)10(13)14/h2,5,7H,3-4,6H2,1H3,(H,13,14). The molecular weight excluding hydrogens is 178 g/mol. The Morgan fingerprint density at radius 3 is 2.86 bits per heavy atom. The molecule has 0 spiro atoms. The Balaban J connectivity index is 2.19. The van der Waals surface area contributed by atoms with Crippen molar-refractivity contribution in [3.05, 3.63) is 29.6 Å². The summed E-state index contributed by atoms with van der Waals surface area (Å²) >= 11 is 0. The van der Waals surface area contributed by atoms with Crippen LogP contribution >= 0.6 is 0 Å². The minimum atomic E-state index is -0.666. The second-order valence-electron chi connectivity index (χ2n) is 4.06. The Bertz CT molecular complexity index is 369. The summed E-state index contributed by atoms with van der Waals surface area (Å²) in [6, 6.07) is 1.92. The molecule has 14 heavy (non-hydrogen) atoms. The lowest BCUT2D eigenvalue weighted by atomic mass is 9.95. The van der Waals surface area contributed by atoms with E-state index in [1.54, 1.807) is 12.4 Å². The Labute approximate surface area is 82.8 Å². The Hall–Kier alpha value is -1.38. The molecule has 1 N–H and O–H groups in total. The highest BCUT2D eigenvalue weighted by Crippen LogP contribution is 2.48. The van der Waals surface area contributed by atoms with E-state index >= 15 is 0 Å². The van der Waals surface area contributed by atoms with Crippen LogP contribution in [0.2, 0.25) is 0 Å². The predicted molar refractivity (Wildman–Crippen MR) is 52.0 cm³/mol. The molecule has 0 saturated heterocycles. The van der Waals surface area contributed by atoms with Crippen LogP contribution in [0.1, 0.15) is 24.0 Å². The molecule has 0 unspecified atom stereocenters. The highest BCUT2D eigenvalue weighted by molar-refractivity contribution is 5.78. The third-order valence-electron chi connectivity index (χ3n) is 2.98. The van der Waals surface area contributed by atoms with Gasteiger partial charge in [-0.3, -0.25) is 9.78 Å². The number of aryl methyl sites for hydroxylation is 1. The quantitative estimate of drug-likeness (QED) is 0.792. The Morgan fingerprint density at radius 1 is 1.64 bits per heavy atom. The highest BCUT2D eigenvalue weighted by atomic mass is 16.4. The lowest BCUT2D eigenvalue weighted by Gasteiger charge is -2.10. The zero-order valence-corrected chi connectivity index (χ0v) is 8.16. The van der Waals surface area contributed by atoms with E-state index in [4.69, 9.17) is 5.11 Å². The van der Waals surface area contributed by atoms with Gasteiger partial charge < -0.3 is 5.11 Å². The summed E-state index contributed by atoms with van der Waals surface area (Å²) in [5.41, 5.74) is 1.72. The monoisotopic (exact) mass is 191 g/mol. The van der Waals surface area contributed by atoms with Gasteiger partial charge in [0.2, 0.25) is 0 Å². The summed E-state index contributed by atoms with van der Waals surface area (Å²) in [5.74, 6) is -0.666. The number of pyridine rings is 1. The average Bonchev–Trinajstić information content (AvgIpc) is 2.90. The zero-order valence-electron chi connectivity index (χ0n) is 8.16. The van der Waals surface area contributed by atoms with Crippen molar-refractivity contribution < 1.29 is 9.90 Å². The Morgan fingerprint density at radius 2 is 2.36 bits per heavy atom. The minimum absolute atomic E-state index is 0.478. The number of carbonyl (C=O) groups is 1. The molecule has 1 aliphatic rings. The van der Waals surface area contributed by atoms with Gasteiger partial charge in [0.05, 0.1) is 5.41 Å². The molecule has 1 saturated carbocycles. The zero-order chi connectivity index (χ0) is 10.2. The fraction of sp³-hybridized carbons (Fsp3) is 0.455. The molecule has 1 aliphatic carbocycles. The van der Waals surface area contributed by atoms with Crippen LogP contribution in [0, 0.1) is 12.3 Å². The number of carboxylic acids is 1. The van der Waals surface area contributed by atoms with Gasteiger partial charge in [-0.25, -0.2) is 0 Å². The van der Waals surface area contributed by atoms with Crippen molar-refractivity contribution in [1.29, 1.82) is 0 Å². The summed E-state index contributed by atoms with van der Waals surface area (Å²) < 4.78 is 0. The van der Waals surface area contributed by atoms with E-state index in [0.29, 0.717) is 6.42 Å². The first-order valence-electron chi connectivity index (χ1n) is 4.77. The molecule has 0 aliphatic heterocycles. The average molecular weight is 191 g/mol. The molecule has 74 valence electrons. The molecule has 0 amide bonds. The van der Waals surface area contributed by atoms with Crippen LogP contribution in [-0.2, 0) is 11.2 Å². The van der Waals surface area contributed by atoms with Gasteiger partial charge in [0.15, 0.2) is 0 Å². The van der Waals surface area contributed by atoms with E-state index in [2.05, 4.69) is 4.98 Å². The molecule has 1 aromatic heterocycles. The Kier molecular flexibility index (Phi) is 2.02. The molecule has 0 atom stereocenters. The van der Waals surface area contributed by atoms with Gasteiger partial charge in [-0.05, 0) is 43.4 Å². The van der Waals surface area contributed by atoms with Crippen LogP contribution in [0.5, 0.6) is 0 Å². The first kappa shape index (κ1) is 9.19. The molecular formula is C11H13NO2. The van der Waals surface area contributed by atoms with Gasteiger partial charge >= 0.3 is 5.97 Å².